The number of nitrogens with zero attached hydrogens (tertiary/aromatic N) is 2. The standard InChI is InChI=1S/C17H20N2O/c20-11-10-19(13-14-4-3-9-18-12-14)17-8-7-15-5-1-2-6-16(15)17/h1-6,9,12,17,20H,7-8,10-11,13H2. The summed E-state index contributed by atoms with van der Waals surface area (Å²) >= 11 is 0. The molecule has 3 heteroatoms. The van der Waals surface area contributed by atoms with Crippen molar-refractivity contribution in [3.63, 3.8) is 0 Å². The number of hydrogen-bond donors (Lipinski definition) is 1. The van der Waals surface area contributed by atoms with E-state index < -0.39 is 0 Å². The summed E-state index contributed by atoms with van der Waals surface area (Å²) in [6.07, 6.45) is 5.98. The number of rotatable bonds is 5. The molecule has 1 unspecified atom stereocenters. The average Bonchev–Trinajstić information content (AvgIpc) is 2.92. The second-order valence-corrected chi connectivity index (χ2v) is 5.31. The van der Waals surface area contributed by atoms with Crippen LogP contribution in [0, 0.1) is 0 Å². The SMILES string of the molecule is OCCN(Cc1cccnc1)C1CCc2ccccc21. The summed E-state index contributed by atoms with van der Waals surface area (Å²) in [5, 5.41) is 9.37. The summed E-state index contributed by atoms with van der Waals surface area (Å²) in [6, 6.07) is 13.1. The molecule has 1 aliphatic carbocycles. The zero-order valence-electron chi connectivity index (χ0n) is 11.6. The highest BCUT2D eigenvalue weighted by Crippen LogP contribution is 2.36. The first-order valence-electron chi connectivity index (χ1n) is 7.20. The molecule has 1 aliphatic rings. The Labute approximate surface area is 119 Å². The Kier molecular flexibility index (Phi) is 4.09. The largest absolute Gasteiger partial charge is 0.395 e. The first-order chi connectivity index (χ1) is 9.88. The van der Waals surface area contributed by atoms with Gasteiger partial charge in [-0.1, -0.05) is 30.3 Å². The Morgan fingerprint density at radius 1 is 1.20 bits per heavy atom. The fourth-order valence-corrected chi connectivity index (χ4v) is 3.11. The van der Waals surface area contributed by atoms with Gasteiger partial charge in [0.15, 0.2) is 0 Å². The lowest BCUT2D eigenvalue weighted by Crippen LogP contribution is -2.30. The molecule has 20 heavy (non-hydrogen) atoms. The Balaban J connectivity index is 1.81. The smallest absolute Gasteiger partial charge is 0.0558 e. The number of fused-ring (bicyclic) bond motifs is 1. The third-order valence-electron chi connectivity index (χ3n) is 4.04. The van der Waals surface area contributed by atoms with Gasteiger partial charge in [-0.2, -0.15) is 0 Å². The molecule has 2 aromatic rings. The van der Waals surface area contributed by atoms with Crippen LogP contribution in [0.3, 0.4) is 0 Å². The van der Waals surface area contributed by atoms with Crippen molar-refractivity contribution in [2.24, 2.45) is 0 Å². The molecule has 0 aliphatic heterocycles. The molecule has 0 amide bonds. The molecule has 0 radical (unpaired) electrons. The molecule has 1 heterocycles. The van der Waals surface area contributed by atoms with Crippen LogP contribution in [0.1, 0.15) is 29.2 Å². The molecule has 104 valence electrons. The number of pyridine rings is 1. The van der Waals surface area contributed by atoms with Crippen molar-refractivity contribution in [3.8, 4) is 0 Å². The van der Waals surface area contributed by atoms with Crippen molar-refractivity contribution in [1.29, 1.82) is 0 Å². The van der Waals surface area contributed by atoms with Gasteiger partial charge in [0.2, 0.25) is 0 Å². The molecule has 1 aromatic carbocycles. The third-order valence-corrected chi connectivity index (χ3v) is 4.04. The summed E-state index contributed by atoms with van der Waals surface area (Å²) in [5.74, 6) is 0. The second kappa shape index (κ2) is 6.16. The van der Waals surface area contributed by atoms with E-state index in [1.54, 1.807) is 6.20 Å². The van der Waals surface area contributed by atoms with Crippen LogP contribution in [0.2, 0.25) is 0 Å². The first kappa shape index (κ1) is 13.3. The molecule has 3 rings (SSSR count). The minimum atomic E-state index is 0.193. The number of hydrogen-bond acceptors (Lipinski definition) is 3. The van der Waals surface area contributed by atoms with Crippen molar-refractivity contribution in [2.45, 2.75) is 25.4 Å². The van der Waals surface area contributed by atoms with E-state index >= 15 is 0 Å². The zero-order chi connectivity index (χ0) is 13.8. The van der Waals surface area contributed by atoms with E-state index in [-0.39, 0.29) is 6.61 Å². The van der Waals surface area contributed by atoms with E-state index in [4.69, 9.17) is 0 Å². The molecule has 0 saturated heterocycles. The van der Waals surface area contributed by atoms with E-state index in [9.17, 15) is 5.11 Å². The lowest BCUT2D eigenvalue weighted by Gasteiger charge is -2.29. The lowest BCUT2D eigenvalue weighted by atomic mass is 10.1. The van der Waals surface area contributed by atoms with Gasteiger partial charge in [-0.15, -0.1) is 0 Å². The maximum absolute atomic E-state index is 9.37. The van der Waals surface area contributed by atoms with Crippen LogP contribution in [0.15, 0.2) is 48.8 Å². The fourth-order valence-electron chi connectivity index (χ4n) is 3.11. The van der Waals surface area contributed by atoms with Gasteiger partial charge in [-0.3, -0.25) is 9.88 Å². The third kappa shape index (κ3) is 2.74. The topological polar surface area (TPSA) is 36.4 Å². The number of aliphatic hydroxyl groups is 1. The molecule has 3 nitrogen and oxygen atoms in total. The predicted molar refractivity (Wildman–Crippen MR) is 79.2 cm³/mol. The van der Waals surface area contributed by atoms with Crippen molar-refractivity contribution in [2.75, 3.05) is 13.2 Å². The first-order valence-corrected chi connectivity index (χ1v) is 7.20. The summed E-state index contributed by atoms with van der Waals surface area (Å²) in [5.41, 5.74) is 4.07. The summed E-state index contributed by atoms with van der Waals surface area (Å²) in [6.45, 7) is 1.74. The van der Waals surface area contributed by atoms with Crippen LogP contribution in [0.25, 0.3) is 0 Å². The van der Waals surface area contributed by atoms with Crippen LogP contribution in [-0.4, -0.2) is 28.1 Å². The van der Waals surface area contributed by atoms with Gasteiger partial charge >= 0.3 is 0 Å². The van der Waals surface area contributed by atoms with Crippen LogP contribution in [0.4, 0.5) is 0 Å². The highest BCUT2D eigenvalue weighted by atomic mass is 16.3. The fraction of sp³-hybridized carbons (Fsp3) is 0.353. The molecule has 1 atom stereocenters. The Morgan fingerprint density at radius 3 is 2.90 bits per heavy atom. The van der Waals surface area contributed by atoms with Crippen LogP contribution < -0.4 is 0 Å². The van der Waals surface area contributed by atoms with Gasteiger partial charge in [0, 0.05) is 31.5 Å². The Bertz CT molecular complexity index is 556. The van der Waals surface area contributed by atoms with Gasteiger partial charge in [-0.25, -0.2) is 0 Å². The summed E-state index contributed by atoms with van der Waals surface area (Å²) in [7, 11) is 0. The summed E-state index contributed by atoms with van der Waals surface area (Å²) in [4.78, 5) is 6.54. The Morgan fingerprint density at radius 2 is 2.10 bits per heavy atom. The zero-order valence-corrected chi connectivity index (χ0v) is 11.6. The maximum Gasteiger partial charge on any atom is 0.0558 e. The highest BCUT2D eigenvalue weighted by Gasteiger charge is 2.27. The van der Waals surface area contributed by atoms with E-state index in [0.717, 1.165) is 19.4 Å². The number of aliphatic hydroxyl groups excluding tert-OH is 1. The molecule has 0 spiro atoms. The average molecular weight is 268 g/mol. The van der Waals surface area contributed by atoms with Gasteiger partial charge in [-0.05, 0) is 35.6 Å². The molecular weight excluding hydrogens is 248 g/mol. The normalized spacial score (nSPS) is 17.4. The molecule has 0 saturated carbocycles. The molecule has 0 fully saturated rings. The number of aromatic nitrogens is 1. The molecular formula is C17H20N2O. The van der Waals surface area contributed by atoms with E-state index in [1.165, 1.54) is 16.7 Å². The van der Waals surface area contributed by atoms with E-state index in [0.29, 0.717) is 12.6 Å². The van der Waals surface area contributed by atoms with Crippen molar-refractivity contribution in [1.82, 2.24) is 9.88 Å². The van der Waals surface area contributed by atoms with Crippen molar-refractivity contribution in [3.05, 3.63) is 65.5 Å². The lowest BCUT2D eigenvalue weighted by molar-refractivity contribution is 0.142. The maximum atomic E-state index is 9.37. The number of benzene rings is 1. The number of aryl methyl sites for hydroxylation is 1. The van der Waals surface area contributed by atoms with E-state index in [1.807, 2.05) is 12.3 Å². The van der Waals surface area contributed by atoms with Gasteiger partial charge in [0.25, 0.3) is 0 Å². The monoisotopic (exact) mass is 268 g/mol. The minimum Gasteiger partial charge on any atom is -0.395 e. The van der Waals surface area contributed by atoms with Crippen LogP contribution in [-0.2, 0) is 13.0 Å². The van der Waals surface area contributed by atoms with Crippen molar-refractivity contribution >= 4 is 0 Å². The predicted octanol–water partition coefficient (Wildman–Crippen LogP) is 2.56. The molecule has 1 aromatic heterocycles. The van der Waals surface area contributed by atoms with Crippen molar-refractivity contribution < 1.29 is 5.11 Å². The molecule has 0 bridgehead atoms. The van der Waals surface area contributed by atoms with E-state index in [2.05, 4.69) is 40.2 Å². The summed E-state index contributed by atoms with van der Waals surface area (Å²) < 4.78 is 0. The van der Waals surface area contributed by atoms with Crippen LogP contribution in [0.5, 0.6) is 0 Å². The van der Waals surface area contributed by atoms with Gasteiger partial charge in [0.1, 0.15) is 0 Å². The Hall–Kier alpha value is -1.71. The molecule has 1 N–H and O–H groups in total. The van der Waals surface area contributed by atoms with Gasteiger partial charge < -0.3 is 5.11 Å². The minimum absolute atomic E-state index is 0.193. The van der Waals surface area contributed by atoms with Gasteiger partial charge in [0.05, 0.1) is 6.61 Å². The second-order valence-electron chi connectivity index (χ2n) is 5.31. The van der Waals surface area contributed by atoms with Crippen LogP contribution >= 0.6 is 0 Å². The quantitative estimate of drug-likeness (QED) is 0.905. The highest BCUT2D eigenvalue weighted by molar-refractivity contribution is 5.34.